The van der Waals surface area contributed by atoms with Crippen LogP contribution < -0.4 is 10.2 Å². The molecule has 0 radical (unpaired) electrons. The van der Waals surface area contributed by atoms with Crippen LogP contribution in [0.25, 0.3) is 0 Å². The first kappa shape index (κ1) is 21.9. The van der Waals surface area contributed by atoms with E-state index >= 15 is 0 Å². The zero-order valence-corrected chi connectivity index (χ0v) is 18.7. The number of benzene rings is 2. The Hall–Kier alpha value is -3.34. The van der Waals surface area contributed by atoms with Crippen molar-refractivity contribution in [2.45, 2.75) is 23.3 Å². The summed E-state index contributed by atoms with van der Waals surface area (Å²) in [6.45, 7) is 5.01. The van der Waals surface area contributed by atoms with Gasteiger partial charge in [0.2, 0.25) is 0 Å². The molecule has 3 aromatic rings. The van der Waals surface area contributed by atoms with Gasteiger partial charge in [-0.25, -0.2) is 9.97 Å². The zero-order valence-electron chi connectivity index (χ0n) is 17.9. The molecule has 1 saturated heterocycles. The number of hydrogen-bond acceptors (Lipinski definition) is 6. The molecule has 1 fully saturated rings. The maximum atomic E-state index is 11.6. The Morgan fingerprint density at radius 1 is 1.16 bits per heavy atom. The van der Waals surface area contributed by atoms with E-state index in [0.717, 1.165) is 42.0 Å². The SMILES string of the molecule is CC#CC(=O)Nc1ccc(Sc2ccnc(Cc3cccc(N4CCOCC4)c3)n2)cc1. The minimum Gasteiger partial charge on any atom is -0.378 e. The van der Waals surface area contributed by atoms with Crippen LogP contribution in [-0.2, 0) is 16.0 Å². The lowest BCUT2D eigenvalue weighted by atomic mass is 10.1. The standard InChI is InChI=1S/C25H24N4O2S/c1-2-4-24(30)27-20-7-9-22(10-8-20)32-25-11-12-26-23(28-25)18-19-5-3-6-21(17-19)29-13-15-31-16-14-29/h3,5-12,17H,13-16,18H2,1H3,(H,27,30). The second-order valence-electron chi connectivity index (χ2n) is 7.21. The Balaban J connectivity index is 1.40. The molecule has 0 bridgehead atoms. The summed E-state index contributed by atoms with van der Waals surface area (Å²) in [6.07, 6.45) is 2.48. The molecule has 162 valence electrons. The molecule has 0 saturated carbocycles. The van der Waals surface area contributed by atoms with E-state index < -0.39 is 0 Å². The molecule has 0 unspecified atom stereocenters. The summed E-state index contributed by atoms with van der Waals surface area (Å²) < 4.78 is 5.45. The first-order valence-electron chi connectivity index (χ1n) is 10.4. The molecule has 2 heterocycles. The van der Waals surface area contributed by atoms with Crippen LogP contribution >= 0.6 is 11.8 Å². The van der Waals surface area contributed by atoms with Gasteiger partial charge in [-0.2, -0.15) is 0 Å². The average Bonchev–Trinajstić information content (AvgIpc) is 2.82. The summed E-state index contributed by atoms with van der Waals surface area (Å²) in [4.78, 5) is 24.1. The second-order valence-corrected chi connectivity index (χ2v) is 8.31. The number of carbonyl (C=O) groups is 1. The fourth-order valence-corrected chi connectivity index (χ4v) is 4.19. The molecule has 1 amide bonds. The molecule has 4 rings (SSSR count). The van der Waals surface area contributed by atoms with Gasteiger partial charge >= 0.3 is 0 Å². The molecule has 7 heteroatoms. The average molecular weight is 445 g/mol. The predicted octanol–water partition coefficient (Wildman–Crippen LogP) is 4.02. The number of nitrogens with one attached hydrogen (secondary N) is 1. The van der Waals surface area contributed by atoms with Crippen molar-refractivity contribution in [3.63, 3.8) is 0 Å². The van der Waals surface area contributed by atoms with E-state index in [1.54, 1.807) is 24.9 Å². The highest BCUT2D eigenvalue weighted by molar-refractivity contribution is 7.99. The van der Waals surface area contributed by atoms with Gasteiger partial charge in [0.05, 0.1) is 13.2 Å². The molecule has 1 N–H and O–H groups in total. The summed E-state index contributed by atoms with van der Waals surface area (Å²) in [7, 11) is 0. The summed E-state index contributed by atoms with van der Waals surface area (Å²) in [5, 5.41) is 3.62. The number of hydrogen-bond donors (Lipinski definition) is 1. The number of carbonyl (C=O) groups excluding carboxylic acids is 1. The van der Waals surface area contributed by atoms with E-state index in [4.69, 9.17) is 9.72 Å². The van der Waals surface area contributed by atoms with Gasteiger partial charge in [-0.05, 0) is 60.9 Å². The molecule has 1 aromatic heterocycles. The van der Waals surface area contributed by atoms with Gasteiger partial charge in [-0.15, -0.1) is 0 Å². The third-order valence-electron chi connectivity index (χ3n) is 4.90. The number of morpholine rings is 1. The van der Waals surface area contributed by atoms with Crippen LogP contribution in [0.3, 0.4) is 0 Å². The summed E-state index contributed by atoms with van der Waals surface area (Å²) >= 11 is 1.56. The number of anilines is 2. The first-order chi connectivity index (χ1) is 15.7. The normalized spacial score (nSPS) is 13.2. The molecular weight excluding hydrogens is 420 g/mol. The Labute approximate surface area is 192 Å². The van der Waals surface area contributed by atoms with Crippen LogP contribution in [0, 0.1) is 11.8 Å². The monoisotopic (exact) mass is 444 g/mol. The molecule has 2 aromatic carbocycles. The lowest BCUT2D eigenvalue weighted by molar-refractivity contribution is -0.111. The van der Waals surface area contributed by atoms with Gasteiger partial charge in [-0.3, -0.25) is 4.79 Å². The van der Waals surface area contributed by atoms with Crippen LogP contribution in [0.1, 0.15) is 18.3 Å². The van der Waals surface area contributed by atoms with Crippen molar-refractivity contribution in [2.75, 3.05) is 36.5 Å². The zero-order chi connectivity index (χ0) is 22.2. The second kappa shape index (κ2) is 10.8. The van der Waals surface area contributed by atoms with Crippen LogP contribution in [0.2, 0.25) is 0 Å². The highest BCUT2D eigenvalue weighted by Crippen LogP contribution is 2.27. The Morgan fingerprint density at radius 2 is 1.97 bits per heavy atom. The van der Waals surface area contributed by atoms with E-state index in [0.29, 0.717) is 12.1 Å². The smallest absolute Gasteiger partial charge is 0.300 e. The first-order valence-corrected chi connectivity index (χ1v) is 11.3. The maximum absolute atomic E-state index is 11.6. The number of amides is 1. The Kier molecular flexibility index (Phi) is 7.38. The summed E-state index contributed by atoms with van der Waals surface area (Å²) in [5.41, 5.74) is 3.12. The maximum Gasteiger partial charge on any atom is 0.300 e. The van der Waals surface area contributed by atoms with E-state index in [9.17, 15) is 4.79 Å². The van der Waals surface area contributed by atoms with Crippen molar-refractivity contribution >= 4 is 29.0 Å². The molecule has 0 atom stereocenters. The van der Waals surface area contributed by atoms with Gasteiger partial charge in [0.25, 0.3) is 5.91 Å². The molecule has 32 heavy (non-hydrogen) atoms. The van der Waals surface area contributed by atoms with Crippen LogP contribution in [0.5, 0.6) is 0 Å². The largest absolute Gasteiger partial charge is 0.378 e. The van der Waals surface area contributed by atoms with Crippen molar-refractivity contribution in [1.29, 1.82) is 0 Å². The van der Waals surface area contributed by atoms with Crippen molar-refractivity contribution in [2.24, 2.45) is 0 Å². The quantitative estimate of drug-likeness (QED) is 0.458. The minimum atomic E-state index is -0.314. The van der Waals surface area contributed by atoms with E-state index in [2.05, 4.69) is 51.3 Å². The summed E-state index contributed by atoms with van der Waals surface area (Å²) in [6, 6.07) is 18.1. The fraction of sp³-hybridized carbons (Fsp3) is 0.240. The van der Waals surface area contributed by atoms with Crippen molar-refractivity contribution < 1.29 is 9.53 Å². The van der Waals surface area contributed by atoms with Gasteiger partial charge < -0.3 is 15.0 Å². The van der Waals surface area contributed by atoms with E-state index in [-0.39, 0.29) is 5.91 Å². The lowest BCUT2D eigenvalue weighted by Crippen LogP contribution is -2.36. The Morgan fingerprint density at radius 3 is 2.75 bits per heavy atom. The van der Waals surface area contributed by atoms with E-state index in [1.807, 2.05) is 30.3 Å². The molecule has 1 aliphatic heterocycles. The number of nitrogens with zero attached hydrogens (tertiary/aromatic N) is 3. The van der Waals surface area contributed by atoms with Crippen LogP contribution in [0.4, 0.5) is 11.4 Å². The summed E-state index contributed by atoms with van der Waals surface area (Å²) in [5.74, 6) is 5.53. The molecule has 0 aliphatic carbocycles. The van der Waals surface area contributed by atoms with Crippen LogP contribution in [-0.4, -0.2) is 42.2 Å². The molecule has 6 nitrogen and oxygen atoms in total. The van der Waals surface area contributed by atoms with E-state index in [1.165, 1.54) is 11.3 Å². The molecule has 1 aliphatic rings. The van der Waals surface area contributed by atoms with Crippen molar-refractivity contribution in [1.82, 2.24) is 9.97 Å². The number of rotatable bonds is 6. The van der Waals surface area contributed by atoms with Crippen LogP contribution in [0.15, 0.2) is 70.7 Å². The number of aromatic nitrogens is 2. The van der Waals surface area contributed by atoms with Gasteiger partial charge in [0.15, 0.2) is 0 Å². The molecule has 0 spiro atoms. The van der Waals surface area contributed by atoms with Gasteiger partial charge in [0, 0.05) is 42.0 Å². The van der Waals surface area contributed by atoms with Gasteiger partial charge in [-0.1, -0.05) is 29.8 Å². The van der Waals surface area contributed by atoms with Crippen molar-refractivity contribution in [3.8, 4) is 11.8 Å². The topological polar surface area (TPSA) is 67.4 Å². The minimum absolute atomic E-state index is 0.314. The number of ether oxygens (including phenoxy) is 1. The third kappa shape index (κ3) is 6.10. The molecular formula is C25H24N4O2S. The fourth-order valence-electron chi connectivity index (χ4n) is 3.39. The highest BCUT2D eigenvalue weighted by Gasteiger charge is 2.12. The lowest BCUT2D eigenvalue weighted by Gasteiger charge is -2.29. The van der Waals surface area contributed by atoms with Gasteiger partial charge in [0.1, 0.15) is 10.9 Å². The third-order valence-corrected chi connectivity index (χ3v) is 5.85. The highest BCUT2D eigenvalue weighted by atomic mass is 32.2. The predicted molar refractivity (Wildman–Crippen MR) is 127 cm³/mol. The van der Waals surface area contributed by atoms with Crippen molar-refractivity contribution in [3.05, 3.63) is 72.2 Å². The Bertz CT molecular complexity index is 1130.